The lowest BCUT2D eigenvalue weighted by molar-refractivity contribution is 0.0273. The van der Waals surface area contributed by atoms with Crippen molar-refractivity contribution < 1.29 is 9.53 Å². The molecule has 1 heterocycles. The first-order valence-electron chi connectivity index (χ1n) is 5.48. The second-order valence-corrected chi connectivity index (χ2v) is 5.09. The minimum Gasteiger partial charge on any atom is -0.444 e. The molecule has 0 saturated heterocycles. The zero-order chi connectivity index (χ0) is 12.3. The summed E-state index contributed by atoms with van der Waals surface area (Å²) in [6.07, 6.45) is -0.262. The van der Waals surface area contributed by atoms with E-state index in [1.165, 1.54) is 0 Å². The van der Waals surface area contributed by atoms with Crippen LogP contribution >= 0.6 is 12.4 Å². The monoisotopic (exact) mass is 263 g/mol. The highest BCUT2D eigenvalue weighted by atomic mass is 35.5. The molecule has 1 rings (SSSR count). The lowest BCUT2D eigenvalue weighted by Crippen LogP contribution is -2.46. The van der Waals surface area contributed by atoms with Crippen LogP contribution in [-0.2, 0) is 4.74 Å². The molecule has 0 N–H and O–H groups in total. The van der Waals surface area contributed by atoms with Gasteiger partial charge in [-0.25, -0.2) is 4.79 Å². The lowest BCUT2D eigenvalue weighted by Gasteiger charge is -2.31. The number of amides is 1. The summed E-state index contributed by atoms with van der Waals surface area (Å²) in [6.45, 7) is 7.42. The van der Waals surface area contributed by atoms with Gasteiger partial charge in [0.05, 0.1) is 13.1 Å². The molecule has 0 spiro atoms. The van der Waals surface area contributed by atoms with Crippen LogP contribution in [0.25, 0.3) is 0 Å². The van der Waals surface area contributed by atoms with Crippen molar-refractivity contribution in [3.63, 3.8) is 0 Å². The summed E-state index contributed by atoms with van der Waals surface area (Å²) in [7, 11) is 3.86. The van der Waals surface area contributed by atoms with Gasteiger partial charge in [-0.3, -0.25) is 9.89 Å². The van der Waals surface area contributed by atoms with Crippen molar-refractivity contribution in [2.45, 2.75) is 26.4 Å². The number of nitrogens with zero attached hydrogens (tertiary/aromatic N) is 3. The molecule has 0 aromatic carbocycles. The maximum absolute atomic E-state index is 11.8. The Balaban J connectivity index is 0.00000256. The van der Waals surface area contributed by atoms with Gasteiger partial charge >= 0.3 is 6.09 Å². The second-order valence-electron chi connectivity index (χ2n) is 5.09. The third kappa shape index (κ3) is 5.26. The molecule has 0 unspecified atom stereocenters. The molecule has 0 aromatic heterocycles. The molecule has 17 heavy (non-hydrogen) atoms. The van der Waals surface area contributed by atoms with Crippen molar-refractivity contribution in [3.05, 3.63) is 0 Å². The van der Waals surface area contributed by atoms with Crippen molar-refractivity contribution in [1.29, 1.82) is 0 Å². The van der Waals surface area contributed by atoms with Gasteiger partial charge in [-0.05, 0) is 20.8 Å². The first kappa shape index (κ1) is 16.0. The molecule has 0 aliphatic carbocycles. The molecular formula is C11H22ClN3O2. The van der Waals surface area contributed by atoms with Crippen LogP contribution in [0.15, 0.2) is 4.99 Å². The summed E-state index contributed by atoms with van der Waals surface area (Å²) >= 11 is 0. The summed E-state index contributed by atoms with van der Waals surface area (Å²) < 4.78 is 5.32. The van der Waals surface area contributed by atoms with Gasteiger partial charge in [-0.2, -0.15) is 0 Å². The largest absolute Gasteiger partial charge is 0.444 e. The van der Waals surface area contributed by atoms with Gasteiger partial charge in [-0.1, -0.05) is 0 Å². The molecule has 0 bridgehead atoms. The lowest BCUT2D eigenvalue weighted by atomic mass is 10.2. The number of ether oxygens (including phenoxy) is 1. The summed E-state index contributed by atoms with van der Waals surface area (Å²) in [5, 5.41) is 0. The number of aliphatic imine (C=N–C) groups is 1. The molecule has 1 amide bonds. The average molecular weight is 264 g/mol. The zero-order valence-electron chi connectivity index (χ0n) is 11.2. The molecule has 0 atom stereocenters. The van der Waals surface area contributed by atoms with E-state index in [1.54, 1.807) is 4.90 Å². The van der Waals surface area contributed by atoms with Crippen LogP contribution in [0.3, 0.4) is 0 Å². The van der Waals surface area contributed by atoms with Crippen LogP contribution in [0.2, 0.25) is 0 Å². The maximum atomic E-state index is 11.8. The van der Waals surface area contributed by atoms with Crippen molar-refractivity contribution in [1.82, 2.24) is 9.80 Å². The molecule has 6 heteroatoms. The topological polar surface area (TPSA) is 45.1 Å². The SMILES string of the molecule is CN(C)C1=NCCN(C(=O)OC(C)(C)C)C1.Cl. The standard InChI is InChI=1S/C11H21N3O2.ClH/c1-11(2,3)16-10(15)14-7-6-12-9(8-14)13(4)5;/h6-8H2,1-5H3;1H. The predicted octanol–water partition coefficient (Wildman–Crippen LogP) is 1.62. The van der Waals surface area contributed by atoms with Gasteiger partial charge in [-0.15, -0.1) is 12.4 Å². The Morgan fingerprint density at radius 3 is 2.47 bits per heavy atom. The van der Waals surface area contributed by atoms with E-state index in [1.807, 2.05) is 39.8 Å². The Kier molecular flexibility index (Phi) is 5.75. The Bertz CT molecular complexity index is 298. The minimum atomic E-state index is -0.441. The molecular weight excluding hydrogens is 242 g/mol. The number of carbonyl (C=O) groups excluding carboxylic acids is 1. The van der Waals surface area contributed by atoms with Crippen LogP contribution in [0.4, 0.5) is 4.79 Å². The fourth-order valence-corrected chi connectivity index (χ4v) is 1.36. The maximum Gasteiger partial charge on any atom is 0.410 e. The van der Waals surface area contributed by atoms with E-state index in [0.717, 1.165) is 5.84 Å². The number of hydrogen-bond donors (Lipinski definition) is 0. The third-order valence-electron chi connectivity index (χ3n) is 2.16. The Morgan fingerprint density at radius 1 is 1.41 bits per heavy atom. The summed E-state index contributed by atoms with van der Waals surface area (Å²) in [4.78, 5) is 19.8. The highest BCUT2D eigenvalue weighted by Gasteiger charge is 2.25. The van der Waals surface area contributed by atoms with Gasteiger partial charge in [0.2, 0.25) is 0 Å². The molecule has 1 aliphatic heterocycles. The van der Waals surface area contributed by atoms with Crippen molar-refractivity contribution in [2.24, 2.45) is 4.99 Å². The molecule has 100 valence electrons. The van der Waals surface area contributed by atoms with Crippen LogP contribution in [0, 0.1) is 0 Å². The second kappa shape index (κ2) is 6.10. The number of carbonyl (C=O) groups is 1. The van der Waals surface area contributed by atoms with Gasteiger partial charge in [0.15, 0.2) is 0 Å². The predicted molar refractivity (Wildman–Crippen MR) is 71.0 cm³/mol. The van der Waals surface area contributed by atoms with Crippen molar-refractivity contribution in [3.8, 4) is 0 Å². The first-order chi connectivity index (χ1) is 7.29. The highest BCUT2D eigenvalue weighted by Crippen LogP contribution is 2.11. The van der Waals surface area contributed by atoms with Gasteiger partial charge in [0.1, 0.15) is 11.4 Å². The first-order valence-corrected chi connectivity index (χ1v) is 5.48. The minimum absolute atomic E-state index is 0. The van der Waals surface area contributed by atoms with E-state index in [0.29, 0.717) is 19.6 Å². The Morgan fingerprint density at radius 2 is 2.00 bits per heavy atom. The molecule has 1 aliphatic rings. The normalized spacial score (nSPS) is 15.8. The number of rotatable bonds is 0. The highest BCUT2D eigenvalue weighted by molar-refractivity contribution is 5.87. The van der Waals surface area contributed by atoms with Gasteiger partial charge in [0.25, 0.3) is 0 Å². The average Bonchev–Trinajstić information content (AvgIpc) is 2.15. The fraction of sp³-hybridized carbons (Fsp3) is 0.818. The molecule has 0 fully saturated rings. The Hall–Kier alpha value is -0.970. The van der Waals surface area contributed by atoms with E-state index in [9.17, 15) is 4.79 Å². The van der Waals surface area contributed by atoms with Gasteiger partial charge in [0, 0.05) is 20.6 Å². The van der Waals surface area contributed by atoms with Crippen LogP contribution < -0.4 is 0 Å². The Labute approximate surface area is 109 Å². The van der Waals surface area contributed by atoms with Crippen LogP contribution in [-0.4, -0.2) is 61.1 Å². The molecule has 0 aromatic rings. The summed E-state index contributed by atoms with van der Waals surface area (Å²) in [5.74, 6) is 0.914. The van der Waals surface area contributed by atoms with E-state index >= 15 is 0 Å². The summed E-state index contributed by atoms with van der Waals surface area (Å²) in [5.41, 5.74) is -0.441. The van der Waals surface area contributed by atoms with Crippen molar-refractivity contribution in [2.75, 3.05) is 33.7 Å². The summed E-state index contributed by atoms with van der Waals surface area (Å²) in [6, 6.07) is 0. The van der Waals surface area contributed by atoms with E-state index < -0.39 is 5.60 Å². The molecule has 5 nitrogen and oxygen atoms in total. The van der Waals surface area contributed by atoms with Crippen molar-refractivity contribution >= 4 is 24.3 Å². The van der Waals surface area contributed by atoms with E-state index in [-0.39, 0.29) is 18.5 Å². The quantitative estimate of drug-likeness (QED) is 0.667. The van der Waals surface area contributed by atoms with E-state index in [4.69, 9.17) is 4.74 Å². The van der Waals surface area contributed by atoms with Crippen LogP contribution in [0.1, 0.15) is 20.8 Å². The smallest absolute Gasteiger partial charge is 0.410 e. The number of halogens is 1. The molecule has 0 radical (unpaired) electrons. The fourth-order valence-electron chi connectivity index (χ4n) is 1.36. The van der Waals surface area contributed by atoms with Gasteiger partial charge < -0.3 is 9.64 Å². The third-order valence-corrected chi connectivity index (χ3v) is 2.16. The van der Waals surface area contributed by atoms with Crippen LogP contribution in [0.5, 0.6) is 0 Å². The van der Waals surface area contributed by atoms with E-state index in [2.05, 4.69) is 4.99 Å². The zero-order valence-corrected chi connectivity index (χ0v) is 12.0. The number of likely N-dealkylation sites (N-methyl/N-ethyl adjacent to an activating group) is 1. The number of amidine groups is 1. The number of hydrogen-bond acceptors (Lipinski definition) is 4. The molecule has 0 saturated carbocycles.